The molecule has 0 saturated carbocycles. The van der Waals surface area contributed by atoms with E-state index in [1.54, 1.807) is 36.7 Å². The summed E-state index contributed by atoms with van der Waals surface area (Å²) >= 11 is 0. The number of carbonyl (C=O) groups is 1. The maximum Gasteiger partial charge on any atom is 0.254 e. The fourth-order valence-corrected chi connectivity index (χ4v) is 3.81. The first-order chi connectivity index (χ1) is 16.5. The lowest BCUT2D eigenvalue weighted by molar-refractivity contribution is 0.0708. The van der Waals surface area contributed by atoms with E-state index in [1.165, 1.54) is 4.90 Å². The molecule has 34 heavy (non-hydrogen) atoms. The Morgan fingerprint density at radius 2 is 2.12 bits per heavy atom. The molecule has 0 aliphatic carbocycles. The van der Waals surface area contributed by atoms with Gasteiger partial charge in [-0.2, -0.15) is 10.4 Å². The fraction of sp³-hybridized carbons (Fsp3) is 0.200. The van der Waals surface area contributed by atoms with Crippen LogP contribution in [0.15, 0.2) is 54.9 Å². The third-order valence-corrected chi connectivity index (χ3v) is 5.45. The highest BCUT2D eigenvalue weighted by atomic mass is 16.5. The molecule has 4 N–H and O–H groups in total. The Labute approximate surface area is 196 Å². The summed E-state index contributed by atoms with van der Waals surface area (Å²) in [6.07, 6.45) is 3.19. The van der Waals surface area contributed by atoms with E-state index in [0.717, 1.165) is 16.7 Å². The minimum absolute atomic E-state index is 0.134. The van der Waals surface area contributed by atoms with Gasteiger partial charge in [0.15, 0.2) is 0 Å². The van der Waals surface area contributed by atoms with Crippen molar-refractivity contribution in [1.29, 1.82) is 5.26 Å². The zero-order chi connectivity index (χ0) is 24.1. The number of nitriles is 1. The van der Waals surface area contributed by atoms with Crippen molar-refractivity contribution in [2.45, 2.75) is 13.5 Å². The molecule has 2 aromatic heterocycles. The van der Waals surface area contributed by atoms with E-state index < -0.39 is 0 Å². The van der Waals surface area contributed by atoms with Gasteiger partial charge in [0.1, 0.15) is 11.6 Å². The van der Waals surface area contributed by atoms with Crippen LogP contribution >= 0.6 is 0 Å². The van der Waals surface area contributed by atoms with Crippen molar-refractivity contribution in [3.63, 3.8) is 0 Å². The third kappa shape index (κ3) is 4.53. The Hall–Kier alpha value is -4.42. The number of nitrogens with zero attached hydrogens (tertiary/aromatic N) is 4. The number of fused-ring (bicyclic) bond motifs is 1. The van der Waals surface area contributed by atoms with Gasteiger partial charge in [-0.15, -0.1) is 0 Å². The molecule has 4 rings (SSSR count). The largest absolute Gasteiger partial charge is 0.493 e. The highest BCUT2D eigenvalue weighted by Gasteiger charge is 2.20. The van der Waals surface area contributed by atoms with Crippen molar-refractivity contribution in [2.24, 2.45) is 0 Å². The van der Waals surface area contributed by atoms with Crippen LogP contribution in [0.2, 0.25) is 0 Å². The Balaban J connectivity index is 1.67. The molecule has 0 radical (unpaired) electrons. The summed E-state index contributed by atoms with van der Waals surface area (Å²) < 4.78 is 5.83. The summed E-state index contributed by atoms with van der Waals surface area (Å²) in [5.74, 6) is 0.624. The number of aromatic nitrogens is 3. The first-order valence-corrected chi connectivity index (χ1v) is 10.8. The van der Waals surface area contributed by atoms with E-state index in [4.69, 9.17) is 10.5 Å². The number of benzene rings is 2. The summed E-state index contributed by atoms with van der Waals surface area (Å²) in [5, 5.41) is 26.4. The number of amides is 1. The van der Waals surface area contributed by atoms with Gasteiger partial charge in [-0.1, -0.05) is 12.1 Å². The molecule has 9 nitrogen and oxygen atoms in total. The van der Waals surface area contributed by atoms with Crippen LogP contribution in [0.5, 0.6) is 5.75 Å². The van der Waals surface area contributed by atoms with Gasteiger partial charge in [0.2, 0.25) is 0 Å². The third-order valence-electron chi connectivity index (χ3n) is 5.45. The maximum atomic E-state index is 13.4. The zero-order valence-corrected chi connectivity index (χ0v) is 18.7. The minimum Gasteiger partial charge on any atom is -0.493 e. The summed E-state index contributed by atoms with van der Waals surface area (Å²) in [4.78, 5) is 19.2. The van der Waals surface area contributed by atoms with Crippen LogP contribution in [0.4, 0.5) is 5.82 Å². The molecule has 0 saturated heterocycles. The molecule has 0 aliphatic heterocycles. The lowest BCUT2D eigenvalue weighted by Crippen LogP contribution is -2.33. The molecule has 9 heteroatoms. The van der Waals surface area contributed by atoms with Gasteiger partial charge in [0, 0.05) is 36.0 Å². The number of aliphatic hydroxyl groups excluding tert-OH is 1. The minimum atomic E-state index is -0.267. The first kappa shape index (κ1) is 22.8. The molecule has 0 spiro atoms. The first-order valence-electron chi connectivity index (χ1n) is 10.8. The van der Waals surface area contributed by atoms with Crippen molar-refractivity contribution >= 4 is 22.6 Å². The Morgan fingerprint density at radius 3 is 2.88 bits per heavy atom. The number of carbonyl (C=O) groups excluding carboxylic acids is 1. The Kier molecular flexibility index (Phi) is 6.71. The molecule has 0 fully saturated rings. The monoisotopic (exact) mass is 456 g/mol. The molecule has 2 heterocycles. The van der Waals surface area contributed by atoms with E-state index in [-0.39, 0.29) is 25.6 Å². The Bertz CT molecular complexity index is 1370. The van der Waals surface area contributed by atoms with Crippen LogP contribution in [0, 0.1) is 11.3 Å². The number of H-pyrrole nitrogens is 1. The van der Waals surface area contributed by atoms with Crippen LogP contribution in [0.25, 0.3) is 22.0 Å². The average molecular weight is 457 g/mol. The van der Waals surface area contributed by atoms with Gasteiger partial charge >= 0.3 is 0 Å². The van der Waals surface area contributed by atoms with Crippen LogP contribution in [0.3, 0.4) is 0 Å². The zero-order valence-electron chi connectivity index (χ0n) is 18.7. The molecule has 2 aromatic carbocycles. The van der Waals surface area contributed by atoms with Gasteiger partial charge in [-0.25, -0.2) is 4.98 Å². The van der Waals surface area contributed by atoms with Crippen molar-refractivity contribution < 1.29 is 14.6 Å². The van der Waals surface area contributed by atoms with E-state index in [2.05, 4.69) is 21.3 Å². The molecule has 0 unspecified atom stereocenters. The number of nitrogen functional groups attached to an aromatic ring is 1. The SMILES string of the molecule is CCOc1cc(C(=O)N(CCO)Cc2cnc(N)c3cn[nH]c23)ccc1-c1cccc(C#N)c1. The molecule has 172 valence electrons. The number of aliphatic hydroxyl groups is 1. The van der Waals surface area contributed by atoms with Crippen LogP contribution in [-0.4, -0.2) is 50.9 Å². The van der Waals surface area contributed by atoms with Crippen molar-refractivity contribution in [3.8, 4) is 22.9 Å². The lowest BCUT2D eigenvalue weighted by atomic mass is 10.00. The highest BCUT2D eigenvalue weighted by Crippen LogP contribution is 2.32. The highest BCUT2D eigenvalue weighted by molar-refractivity contribution is 5.96. The number of nitrogens with one attached hydrogen (secondary N) is 1. The van der Waals surface area contributed by atoms with Crippen molar-refractivity contribution in [2.75, 3.05) is 25.5 Å². The predicted octanol–water partition coefficient (Wildman–Crippen LogP) is 3.11. The van der Waals surface area contributed by atoms with Gasteiger partial charge in [0.25, 0.3) is 5.91 Å². The van der Waals surface area contributed by atoms with E-state index in [9.17, 15) is 15.2 Å². The second-order valence-corrected chi connectivity index (χ2v) is 7.61. The van der Waals surface area contributed by atoms with E-state index in [1.807, 2.05) is 25.1 Å². The quantitative estimate of drug-likeness (QED) is 0.370. The molecule has 0 atom stereocenters. The number of hydrogen-bond donors (Lipinski definition) is 3. The summed E-state index contributed by atoms with van der Waals surface area (Å²) in [6.45, 7) is 2.43. The standard InChI is InChI=1S/C25H24N6O3/c1-2-34-22-11-18(6-7-20(22)17-5-3-4-16(10-17)12-26)25(33)31(8-9-32)15-19-13-28-24(27)21-14-29-30-23(19)21/h3-7,10-11,13-14,32H,2,8-9,15H2,1H3,(H2,27,28)(H,29,30). The van der Waals surface area contributed by atoms with E-state index in [0.29, 0.717) is 40.2 Å². The topological polar surface area (TPSA) is 141 Å². The fourth-order valence-electron chi connectivity index (χ4n) is 3.81. The molecular formula is C25H24N6O3. The predicted molar refractivity (Wildman–Crippen MR) is 128 cm³/mol. The second-order valence-electron chi connectivity index (χ2n) is 7.61. The summed E-state index contributed by atoms with van der Waals surface area (Å²) in [5.41, 5.74) is 9.91. The number of nitrogens with two attached hydrogens (primary N) is 1. The smallest absolute Gasteiger partial charge is 0.254 e. The van der Waals surface area contributed by atoms with E-state index >= 15 is 0 Å². The molecule has 1 amide bonds. The number of aromatic amines is 1. The molecule has 0 bridgehead atoms. The number of hydrogen-bond acceptors (Lipinski definition) is 7. The normalized spacial score (nSPS) is 10.7. The van der Waals surface area contributed by atoms with Gasteiger partial charge in [-0.05, 0) is 42.8 Å². The van der Waals surface area contributed by atoms with Gasteiger partial charge < -0.3 is 20.5 Å². The summed E-state index contributed by atoms with van der Waals surface area (Å²) in [6, 6.07) is 14.6. The van der Waals surface area contributed by atoms with Crippen molar-refractivity contribution in [1.82, 2.24) is 20.1 Å². The van der Waals surface area contributed by atoms with Crippen molar-refractivity contribution in [3.05, 3.63) is 71.5 Å². The molecule has 4 aromatic rings. The number of anilines is 1. The number of ether oxygens (including phenoxy) is 1. The van der Waals surface area contributed by atoms with Crippen LogP contribution in [0.1, 0.15) is 28.4 Å². The number of pyridine rings is 1. The van der Waals surface area contributed by atoms with Gasteiger partial charge in [-0.3, -0.25) is 9.89 Å². The molecule has 0 aliphatic rings. The molecular weight excluding hydrogens is 432 g/mol. The average Bonchev–Trinajstić information content (AvgIpc) is 3.36. The Morgan fingerprint density at radius 1 is 1.26 bits per heavy atom. The second kappa shape index (κ2) is 10.0. The van der Waals surface area contributed by atoms with Crippen LogP contribution < -0.4 is 10.5 Å². The lowest BCUT2D eigenvalue weighted by Gasteiger charge is -2.23. The van der Waals surface area contributed by atoms with Crippen LogP contribution in [-0.2, 0) is 6.54 Å². The summed E-state index contributed by atoms with van der Waals surface area (Å²) in [7, 11) is 0. The maximum absolute atomic E-state index is 13.4. The van der Waals surface area contributed by atoms with Gasteiger partial charge in [0.05, 0.1) is 41.9 Å². The number of rotatable bonds is 8.